The zero-order chi connectivity index (χ0) is 24.8. The van der Waals surface area contributed by atoms with Crippen molar-refractivity contribution in [2.75, 3.05) is 20.1 Å². The highest BCUT2D eigenvalue weighted by Crippen LogP contribution is 2.19. The van der Waals surface area contributed by atoms with Gasteiger partial charge in [0.25, 0.3) is 0 Å². The Labute approximate surface area is 209 Å². The first-order chi connectivity index (χ1) is 15.4. The van der Waals surface area contributed by atoms with Crippen LogP contribution in [0.25, 0.3) is 0 Å². The first-order valence-corrected chi connectivity index (χ1v) is 13.1. The molecule has 2 rings (SSSR count). The van der Waals surface area contributed by atoms with Gasteiger partial charge in [-0.25, -0.2) is 8.42 Å². The molecular formula is C23H29BrClN3O4S. The van der Waals surface area contributed by atoms with Gasteiger partial charge in [0.1, 0.15) is 6.04 Å². The fourth-order valence-electron chi connectivity index (χ4n) is 2.97. The summed E-state index contributed by atoms with van der Waals surface area (Å²) in [6, 6.07) is 12.3. The number of sulfonamides is 1. The van der Waals surface area contributed by atoms with Crippen LogP contribution in [0.5, 0.6) is 0 Å². The molecule has 0 aliphatic heterocycles. The molecule has 10 heteroatoms. The number of hydrogen-bond acceptors (Lipinski definition) is 4. The molecule has 2 amide bonds. The first kappa shape index (κ1) is 27.3. The van der Waals surface area contributed by atoms with Crippen LogP contribution in [0.1, 0.15) is 26.3 Å². The zero-order valence-corrected chi connectivity index (χ0v) is 22.2. The van der Waals surface area contributed by atoms with Gasteiger partial charge in [0.05, 0.1) is 11.4 Å². The summed E-state index contributed by atoms with van der Waals surface area (Å²) in [6.45, 7) is 5.83. The summed E-state index contributed by atoms with van der Waals surface area (Å²) in [4.78, 5) is 27.4. The number of likely N-dealkylation sites (N-methyl/N-ethyl adjacent to an activating group) is 1. The van der Waals surface area contributed by atoms with E-state index in [1.165, 1.54) is 36.2 Å². The number of nitrogens with zero attached hydrogens (tertiary/aromatic N) is 2. The molecule has 0 aromatic heterocycles. The molecule has 0 unspecified atom stereocenters. The van der Waals surface area contributed by atoms with Gasteiger partial charge in [0.15, 0.2) is 0 Å². The minimum atomic E-state index is -3.91. The molecule has 1 N–H and O–H groups in total. The van der Waals surface area contributed by atoms with Gasteiger partial charge >= 0.3 is 0 Å². The molecule has 180 valence electrons. The van der Waals surface area contributed by atoms with Crippen LogP contribution in [0.15, 0.2) is 57.9 Å². The second-order valence-corrected chi connectivity index (χ2v) is 11.6. The number of hydrogen-bond donors (Lipinski definition) is 1. The third-order valence-corrected chi connectivity index (χ3v) is 7.60. The number of benzene rings is 2. The molecule has 0 bridgehead atoms. The third kappa shape index (κ3) is 7.81. The highest BCUT2D eigenvalue weighted by Gasteiger charge is 2.30. The maximum Gasteiger partial charge on any atom is 0.243 e. The number of carbonyl (C=O) groups excluding carboxylic acids is 2. The van der Waals surface area contributed by atoms with Crippen LogP contribution in [0.3, 0.4) is 0 Å². The number of carbonyl (C=O) groups is 2. The predicted molar refractivity (Wildman–Crippen MR) is 133 cm³/mol. The zero-order valence-electron chi connectivity index (χ0n) is 19.1. The van der Waals surface area contributed by atoms with Crippen molar-refractivity contribution >= 4 is 49.4 Å². The molecule has 0 aliphatic carbocycles. The Morgan fingerprint density at radius 3 is 2.15 bits per heavy atom. The highest BCUT2D eigenvalue weighted by atomic mass is 79.9. The summed E-state index contributed by atoms with van der Waals surface area (Å²) in [6.07, 6.45) is 0. The van der Waals surface area contributed by atoms with Gasteiger partial charge in [0.2, 0.25) is 21.8 Å². The molecule has 0 fully saturated rings. The number of nitrogens with one attached hydrogen (secondary N) is 1. The van der Waals surface area contributed by atoms with Gasteiger partial charge in [-0.05, 0) is 54.8 Å². The molecule has 2 aromatic carbocycles. The van der Waals surface area contributed by atoms with E-state index in [4.69, 9.17) is 11.6 Å². The maximum absolute atomic E-state index is 13.3. The van der Waals surface area contributed by atoms with E-state index in [1.807, 2.05) is 38.1 Å². The average molecular weight is 559 g/mol. The standard InChI is InChI=1S/C23H29BrClN3O4S/c1-16(2)13-26-23(30)17(3)28(14-18-5-7-19(24)8-6-18)22(29)15-27(4)33(31,32)21-11-9-20(25)10-12-21/h5-12,16-17H,13-15H2,1-4H3,(H,26,30)/t17-/m1/s1. The van der Waals surface area contributed by atoms with Crippen LogP contribution < -0.4 is 5.32 Å². The fourth-order valence-corrected chi connectivity index (χ4v) is 4.48. The Morgan fingerprint density at radius 2 is 1.61 bits per heavy atom. The Hall–Kier alpha value is -1.94. The van der Waals surface area contributed by atoms with E-state index < -0.39 is 28.5 Å². The molecule has 0 heterocycles. The summed E-state index contributed by atoms with van der Waals surface area (Å²) in [7, 11) is -2.57. The quantitative estimate of drug-likeness (QED) is 0.479. The van der Waals surface area contributed by atoms with Crippen molar-refractivity contribution in [1.29, 1.82) is 0 Å². The van der Waals surface area contributed by atoms with Gasteiger partial charge in [-0.3, -0.25) is 9.59 Å². The lowest BCUT2D eigenvalue weighted by molar-refractivity contribution is -0.140. The Bertz CT molecular complexity index is 1060. The molecule has 33 heavy (non-hydrogen) atoms. The van der Waals surface area contributed by atoms with Crippen LogP contribution >= 0.6 is 27.5 Å². The number of amides is 2. The van der Waals surface area contributed by atoms with Crippen molar-refractivity contribution in [3.63, 3.8) is 0 Å². The summed E-state index contributed by atoms with van der Waals surface area (Å²) in [5, 5.41) is 3.25. The van der Waals surface area contributed by atoms with Gasteiger partial charge in [-0.15, -0.1) is 0 Å². The van der Waals surface area contributed by atoms with Crippen molar-refractivity contribution in [1.82, 2.24) is 14.5 Å². The Kier molecular flexibility index (Phi) is 9.90. The normalized spacial score (nSPS) is 12.6. The van der Waals surface area contributed by atoms with Crippen LogP contribution in [0, 0.1) is 5.92 Å². The second-order valence-electron chi connectivity index (χ2n) is 8.18. The monoisotopic (exact) mass is 557 g/mol. The first-order valence-electron chi connectivity index (χ1n) is 10.5. The van der Waals surface area contributed by atoms with Crippen LogP contribution in [-0.4, -0.2) is 55.6 Å². The van der Waals surface area contributed by atoms with Crippen molar-refractivity contribution < 1.29 is 18.0 Å². The summed E-state index contributed by atoms with van der Waals surface area (Å²) < 4.78 is 27.7. The third-order valence-electron chi connectivity index (χ3n) is 5.00. The van der Waals surface area contributed by atoms with Gasteiger partial charge in [0, 0.05) is 29.6 Å². The molecule has 0 radical (unpaired) electrons. The van der Waals surface area contributed by atoms with E-state index in [1.54, 1.807) is 6.92 Å². The maximum atomic E-state index is 13.3. The summed E-state index contributed by atoms with van der Waals surface area (Å²) in [5.41, 5.74) is 0.818. The minimum Gasteiger partial charge on any atom is -0.354 e. The number of halogens is 2. The topological polar surface area (TPSA) is 86.8 Å². The van der Waals surface area contributed by atoms with E-state index in [-0.39, 0.29) is 23.3 Å². The summed E-state index contributed by atoms with van der Waals surface area (Å²) >= 11 is 9.24. The summed E-state index contributed by atoms with van der Waals surface area (Å²) in [5.74, 6) is -0.519. The van der Waals surface area contributed by atoms with Crippen molar-refractivity contribution in [2.24, 2.45) is 5.92 Å². The molecule has 0 spiro atoms. The minimum absolute atomic E-state index is 0.0318. The Morgan fingerprint density at radius 1 is 1.03 bits per heavy atom. The molecule has 1 atom stereocenters. The molecule has 0 saturated carbocycles. The molecule has 7 nitrogen and oxygen atoms in total. The van der Waals surface area contributed by atoms with E-state index in [2.05, 4.69) is 21.2 Å². The molecular weight excluding hydrogens is 530 g/mol. The van der Waals surface area contributed by atoms with Crippen LogP contribution in [0.2, 0.25) is 5.02 Å². The lowest BCUT2D eigenvalue weighted by Gasteiger charge is -2.30. The lowest BCUT2D eigenvalue weighted by atomic mass is 10.1. The van der Waals surface area contributed by atoms with E-state index in [0.717, 1.165) is 14.3 Å². The smallest absolute Gasteiger partial charge is 0.243 e. The van der Waals surface area contributed by atoms with Crippen molar-refractivity contribution in [3.8, 4) is 0 Å². The van der Waals surface area contributed by atoms with Gasteiger partial charge < -0.3 is 10.2 Å². The van der Waals surface area contributed by atoms with Crippen molar-refractivity contribution in [3.05, 3.63) is 63.6 Å². The SMILES string of the molecule is CC(C)CNC(=O)[C@@H](C)N(Cc1ccc(Br)cc1)C(=O)CN(C)S(=O)(=O)c1ccc(Cl)cc1. The van der Waals surface area contributed by atoms with Gasteiger partial charge in [-0.1, -0.05) is 53.5 Å². The largest absolute Gasteiger partial charge is 0.354 e. The second kappa shape index (κ2) is 12.0. The van der Waals surface area contributed by atoms with Crippen LogP contribution in [-0.2, 0) is 26.2 Å². The average Bonchev–Trinajstić information content (AvgIpc) is 2.76. The van der Waals surface area contributed by atoms with Crippen LogP contribution in [0.4, 0.5) is 0 Å². The molecule has 0 saturated heterocycles. The fraction of sp³-hybridized carbons (Fsp3) is 0.391. The van der Waals surface area contributed by atoms with Crippen molar-refractivity contribution in [2.45, 2.75) is 38.3 Å². The number of rotatable bonds is 10. The molecule has 0 aliphatic rings. The lowest BCUT2D eigenvalue weighted by Crippen LogP contribution is -2.51. The van der Waals surface area contributed by atoms with Gasteiger partial charge in [-0.2, -0.15) is 4.31 Å². The van der Waals surface area contributed by atoms with E-state index >= 15 is 0 Å². The Balaban J connectivity index is 2.24. The highest BCUT2D eigenvalue weighted by molar-refractivity contribution is 9.10. The molecule has 2 aromatic rings. The van der Waals surface area contributed by atoms with E-state index in [0.29, 0.717) is 11.6 Å². The predicted octanol–water partition coefficient (Wildman–Crippen LogP) is 3.91. The van der Waals surface area contributed by atoms with E-state index in [9.17, 15) is 18.0 Å².